The highest BCUT2D eigenvalue weighted by Crippen LogP contribution is 2.26. The molecule has 0 bridgehead atoms. The average Bonchev–Trinajstić information content (AvgIpc) is 2.07. The molecular formula is C9H8N2O. The van der Waals surface area contributed by atoms with Crippen LogP contribution in [0.5, 0.6) is 0 Å². The van der Waals surface area contributed by atoms with Gasteiger partial charge >= 0.3 is 0 Å². The van der Waals surface area contributed by atoms with Gasteiger partial charge in [-0.1, -0.05) is 18.7 Å². The van der Waals surface area contributed by atoms with Crippen molar-refractivity contribution in [3.63, 3.8) is 0 Å². The summed E-state index contributed by atoms with van der Waals surface area (Å²) in [4.78, 5) is 11.1. The van der Waals surface area contributed by atoms with Crippen molar-refractivity contribution in [3.8, 4) is 0 Å². The van der Waals surface area contributed by atoms with Gasteiger partial charge in [-0.2, -0.15) is 0 Å². The predicted molar refractivity (Wildman–Crippen MR) is 47.8 cm³/mol. The van der Waals surface area contributed by atoms with E-state index in [2.05, 4.69) is 17.2 Å². The van der Waals surface area contributed by atoms with Gasteiger partial charge < -0.3 is 10.6 Å². The standard InChI is InChI=1S/C9H8N2O/c1-6-9(12)11-8-5-3-2-4-7(8)10-6/h2-5,10H,1H2,(H,11,12). The first-order valence-electron chi connectivity index (χ1n) is 3.64. The summed E-state index contributed by atoms with van der Waals surface area (Å²) in [5.74, 6) is -0.172. The maximum absolute atomic E-state index is 11.1. The van der Waals surface area contributed by atoms with Crippen molar-refractivity contribution in [2.24, 2.45) is 0 Å². The van der Waals surface area contributed by atoms with E-state index in [1.807, 2.05) is 24.3 Å². The second-order valence-electron chi connectivity index (χ2n) is 2.60. The summed E-state index contributed by atoms with van der Waals surface area (Å²) in [5, 5.41) is 5.61. The van der Waals surface area contributed by atoms with Gasteiger partial charge in [-0.25, -0.2) is 0 Å². The molecule has 3 heteroatoms. The molecule has 0 saturated carbocycles. The third kappa shape index (κ3) is 0.955. The Hall–Kier alpha value is -1.77. The summed E-state index contributed by atoms with van der Waals surface area (Å²) in [6, 6.07) is 7.50. The number of rotatable bonds is 0. The number of anilines is 2. The van der Waals surface area contributed by atoms with E-state index in [0.29, 0.717) is 5.70 Å². The molecule has 0 radical (unpaired) electrons. The Labute approximate surface area is 70.1 Å². The maximum Gasteiger partial charge on any atom is 0.271 e. The van der Waals surface area contributed by atoms with E-state index in [0.717, 1.165) is 11.4 Å². The van der Waals surface area contributed by atoms with Gasteiger partial charge in [-0.15, -0.1) is 0 Å². The highest BCUT2D eigenvalue weighted by molar-refractivity contribution is 6.10. The lowest BCUT2D eigenvalue weighted by atomic mass is 10.2. The second-order valence-corrected chi connectivity index (χ2v) is 2.60. The Morgan fingerprint density at radius 3 is 2.33 bits per heavy atom. The lowest BCUT2D eigenvalue weighted by Crippen LogP contribution is -2.24. The summed E-state index contributed by atoms with van der Waals surface area (Å²) < 4.78 is 0. The fraction of sp³-hybridized carbons (Fsp3) is 0. The van der Waals surface area contributed by atoms with Crippen LogP contribution in [-0.4, -0.2) is 5.91 Å². The summed E-state index contributed by atoms with van der Waals surface area (Å²) in [5.41, 5.74) is 2.07. The van der Waals surface area contributed by atoms with Gasteiger partial charge in [0.1, 0.15) is 0 Å². The van der Waals surface area contributed by atoms with Crippen LogP contribution in [-0.2, 0) is 4.79 Å². The second kappa shape index (κ2) is 2.37. The smallest absolute Gasteiger partial charge is 0.271 e. The minimum atomic E-state index is -0.172. The van der Waals surface area contributed by atoms with E-state index >= 15 is 0 Å². The van der Waals surface area contributed by atoms with Crippen molar-refractivity contribution in [2.75, 3.05) is 10.6 Å². The van der Waals surface area contributed by atoms with Crippen LogP contribution >= 0.6 is 0 Å². The van der Waals surface area contributed by atoms with E-state index in [4.69, 9.17) is 0 Å². The average molecular weight is 160 g/mol. The number of amides is 1. The van der Waals surface area contributed by atoms with Gasteiger partial charge in [0.05, 0.1) is 17.1 Å². The summed E-state index contributed by atoms with van der Waals surface area (Å²) >= 11 is 0. The molecule has 12 heavy (non-hydrogen) atoms. The molecule has 3 nitrogen and oxygen atoms in total. The fourth-order valence-corrected chi connectivity index (χ4v) is 1.12. The molecule has 0 spiro atoms. The molecule has 1 amide bonds. The van der Waals surface area contributed by atoms with Crippen LogP contribution in [0, 0.1) is 0 Å². The van der Waals surface area contributed by atoms with Crippen LogP contribution in [0.1, 0.15) is 0 Å². The van der Waals surface area contributed by atoms with Crippen LogP contribution < -0.4 is 10.6 Å². The number of carbonyl (C=O) groups excluding carboxylic acids is 1. The molecule has 0 aliphatic carbocycles. The van der Waals surface area contributed by atoms with Gasteiger partial charge in [-0.3, -0.25) is 4.79 Å². The van der Waals surface area contributed by atoms with E-state index in [-0.39, 0.29) is 5.91 Å². The number of hydrogen-bond acceptors (Lipinski definition) is 2. The number of hydrogen-bond donors (Lipinski definition) is 2. The van der Waals surface area contributed by atoms with Crippen LogP contribution in [0.3, 0.4) is 0 Å². The quantitative estimate of drug-likeness (QED) is 0.565. The molecule has 1 aromatic rings. The Kier molecular flexibility index (Phi) is 1.37. The van der Waals surface area contributed by atoms with Crippen LogP contribution in [0.4, 0.5) is 11.4 Å². The number of benzene rings is 1. The zero-order chi connectivity index (χ0) is 8.55. The van der Waals surface area contributed by atoms with E-state index in [1.54, 1.807) is 0 Å². The Balaban J connectivity index is 2.47. The SMILES string of the molecule is C=C1Nc2ccccc2NC1=O. The lowest BCUT2D eigenvalue weighted by Gasteiger charge is -2.19. The first-order valence-corrected chi connectivity index (χ1v) is 3.64. The Morgan fingerprint density at radius 1 is 1.08 bits per heavy atom. The molecule has 1 aliphatic heterocycles. The molecule has 1 aromatic carbocycles. The number of carbonyl (C=O) groups is 1. The largest absolute Gasteiger partial charge is 0.350 e. The molecule has 0 atom stereocenters. The van der Waals surface area contributed by atoms with Crippen molar-refractivity contribution in [3.05, 3.63) is 36.5 Å². The number of para-hydroxylation sites is 2. The number of nitrogens with one attached hydrogen (secondary N) is 2. The summed E-state index contributed by atoms with van der Waals surface area (Å²) in [6.45, 7) is 3.57. The Morgan fingerprint density at radius 2 is 1.67 bits per heavy atom. The van der Waals surface area contributed by atoms with Gasteiger partial charge in [0.15, 0.2) is 0 Å². The molecule has 0 aromatic heterocycles. The normalized spacial score (nSPS) is 14.7. The lowest BCUT2D eigenvalue weighted by molar-refractivity contribution is -0.112. The number of fused-ring (bicyclic) bond motifs is 1. The van der Waals surface area contributed by atoms with Gasteiger partial charge in [-0.05, 0) is 12.1 Å². The first kappa shape index (κ1) is 6.91. The highest BCUT2D eigenvalue weighted by atomic mass is 16.2. The molecule has 2 N–H and O–H groups in total. The van der Waals surface area contributed by atoms with Crippen molar-refractivity contribution in [1.82, 2.24) is 0 Å². The Bertz CT molecular complexity index is 322. The van der Waals surface area contributed by atoms with Crippen molar-refractivity contribution < 1.29 is 4.79 Å². The van der Waals surface area contributed by atoms with E-state index in [1.165, 1.54) is 0 Å². The maximum atomic E-state index is 11.1. The molecular weight excluding hydrogens is 152 g/mol. The van der Waals surface area contributed by atoms with Crippen molar-refractivity contribution in [2.45, 2.75) is 0 Å². The van der Waals surface area contributed by atoms with E-state index in [9.17, 15) is 4.79 Å². The van der Waals surface area contributed by atoms with Crippen LogP contribution in [0.15, 0.2) is 36.5 Å². The molecule has 1 aliphatic rings. The molecule has 0 saturated heterocycles. The molecule has 1 heterocycles. The van der Waals surface area contributed by atoms with Gasteiger partial charge in [0.25, 0.3) is 5.91 Å². The summed E-state index contributed by atoms with van der Waals surface area (Å²) in [6.07, 6.45) is 0. The minimum absolute atomic E-state index is 0.172. The molecule has 0 fully saturated rings. The molecule has 2 rings (SSSR count). The van der Waals surface area contributed by atoms with Crippen LogP contribution in [0.25, 0.3) is 0 Å². The van der Waals surface area contributed by atoms with Gasteiger partial charge in [0.2, 0.25) is 0 Å². The highest BCUT2D eigenvalue weighted by Gasteiger charge is 2.15. The first-order chi connectivity index (χ1) is 5.77. The van der Waals surface area contributed by atoms with Gasteiger partial charge in [0, 0.05) is 0 Å². The molecule has 0 unspecified atom stereocenters. The third-order valence-corrected chi connectivity index (χ3v) is 1.73. The predicted octanol–water partition coefficient (Wildman–Crippen LogP) is 1.56. The topological polar surface area (TPSA) is 41.1 Å². The van der Waals surface area contributed by atoms with E-state index < -0.39 is 0 Å². The van der Waals surface area contributed by atoms with Crippen LogP contribution in [0.2, 0.25) is 0 Å². The zero-order valence-corrected chi connectivity index (χ0v) is 6.42. The monoisotopic (exact) mass is 160 g/mol. The zero-order valence-electron chi connectivity index (χ0n) is 6.42. The van der Waals surface area contributed by atoms with Crippen molar-refractivity contribution >= 4 is 17.3 Å². The molecule has 60 valence electrons. The minimum Gasteiger partial charge on any atom is -0.350 e. The summed E-state index contributed by atoms with van der Waals surface area (Å²) in [7, 11) is 0. The van der Waals surface area contributed by atoms with Crippen molar-refractivity contribution in [1.29, 1.82) is 0 Å². The third-order valence-electron chi connectivity index (χ3n) is 1.73. The fourth-order valence-electron chi connectivity index (χ4n) is 1.12.